The van der Waals surface area contributed by atoms with Crippen LogP contribution in [-0.2, 0) is 13.6 Å². The molecule has 2 amide bonds. The van der Waals surface area contributed by atoms with Crippen molar-refractivity contribution in [2.45, 2.75) is 6.54 Å². The van der Waals surface area contributed by atoms with Gasteiger partial charge in [-0.15, -0.1) is 0 Å². The van der Waals surface area contributed by atoms with E-state index in [0.717, 1.165) is 6.07 Å². The standard InChI is InChI=1S/C21H22N4O4/c1-23(2)20(28)14-4-6-16(7-5-14)25(13-15-10-11-24(3)22-15)21(29)18-9-8-17(26)12-19(18)27/h4-12,26-27H,13H2,1-3H3. The van der Waals surface area contributed by atoms with E-state index in [2.05, 4.69) is 5.10 Å². The summed E-state index contributed by atoms with van der Waals surface area (Å²) in [7, 11) is 5.12. The van der Waals surface area contributed by atoms with E-state index in [1.807, 2.05) is 0 Å². The number of rotatable bonds is 5. The molecule has 8 nitrogen and oxygen atoms in total. The Bertz CT molecular complexity index is 1040. The topological polar surface area (TPSA) is 98.9 Å². The SMILES string of the molecule is CN(C)C(=O)c1ccc(N(Cc2ccn(C)n2)C(=O)c2ccc(O)cc2O)cc1. The predicted octanol–water partition coefficient (Wildman–Crippen LogP) is 2.38. The van der Waals surface area contributed by atoms with E-state index in [1.165, 1.54) is 21.9 Å². The van der Waals surface area contributed by atoms with Gasteiger partial charge in [-0.25, -0.2) is 0 Å². The van der Waals surface area contributed by atoms with Gasteiger partial charge in [0.1, 0.15) is 11.5 Å². The molecule has 0 aliphatic carbocycles. The molecular weight excluding hydrogens is 372 g/mol. The molecule has 0 fully saturated rings. The van der Waals surface area contributed by atoms with Crippen molar-refractivity contribution in [3.8, 4) is 11.5 Å². The number of aromatic nitrogens is 2. The van der Waals surface area contributed by atoms with Gasteiger partial charge in [-0.1, -0.05) is 0 Å². The highest BCUT2D eigenvalue weighted by atomic mass is 16.3. The zero-order valence-corrected chi connectivity index (χ0v) is 16.4. The molecule has 8 heteroatoms. The summed E-state index contributed by atoms with van der Waals surface area (Å²) in [4.78, 5) is 28.2. The van der Waals surface area contributed by atoms with Gasteiger partial charge in [0.15, 0.2) is 0 Å². The van der Waals surface area contributed by atoms with E-state index in [-0.39, 0.29) is 29.5 Å². The van der Waals surface area contributed by atoms with E-state index in [0.29, 0.717) is 16.9 Å². The minimum atomic E-state index is -0.458. The highest BCUT2D eigenvalue weighted by molar-refractivity contribution is 6.08. The van der Waals surface area contributed by atoms with Crippen LogP contribution in [0.1, 0.15) is 26.4 Å². The van der Waals surface area contributed by atoms with Crippen molar-refractivity contribution in [1.82, 2.24) is 14.7 Å². The van der Waals surface area contributed by atoms with Gasteiger partial charge in [0.25, 0.3) is 11.8 Å². The number of phenols is 2. The molecule has 3 aromatic rings. The molecule has 1 aromatic heterocycles. The van der Waals surface area contributed by atoms with Gasteiger partial charge < -0.3 is 20.0 Å². The fourth-order valence-electron chi connectivity index (χ4n) is 2.88. The van der Waals surface area contributed by atoms with Gasteiger partial charge >= 0.3 is 0 Å². The lowest BCUT2D eigenvalue weighted by Crippen LogP contribution is -2.31. The third-order valence-corrected chi connectivity index (χ3v) is 4.38. The maximum Gasteiger partial charge on any atom is 0.262 e. The predicted molar refractivity (Wildman–Crippen MR) is 108 cm³/mol. The van der Waals surface area contributed by atoms with Gasteiger partial charge in [0.2, 0.25) is 0 Å². The number of hydrogen-bond donors (Lipinski definition) is 2. The number of nitrogens with zero attached hydrogens (tertiary/aromatic N) is 4. The Morgan fingerprint density at radius 2 is 1.69 bits per heavy atom. The van der Waals surface area contributed by atoms with Crippen LogP contribution < -0.4 is 4.90 Å². The van der Waals surface area contributed by atoms with Crippen molar-refractivity contribution in [3.05, 3.63) is 71.5 Å². The monoisotopic (exact) mass is 394 g/mol. The summed E-state index contributed by atoms with van der Waals surface area (Å²) in [6.45, 7) is 0.168. The van der Waals surface area contributed by atoms with Crippen LogP contribution in [0.2, 0.25) is 0 Å². The maximum absolute atomic E-state index is 13.2. The summed E-state index contributed by atoms with van der Waals surface area (Å²) in [5, 5.41) is 24.0. The quantitative estimate of drug-likeness (QED) is 0.692. The Morgan fingerprint density at radius 3 is 2.24 bits per heavy atom. The number of amides is 2. The maximum atomic E-state index is 13.2. The van der Waals surface area contributed by atoms with Crippen LogP contribution in [0, 0.1) is 0 Å². The van der Waals surface area contributed by atoms with E-state index in [4.69, 9.17) is 0 Å². The van der Waals surface area contributed by atoms with E-state index in [9.17, 15) is 19.8 Å². The Labute approximate surface area is 168 Å². The van der Waals surface area contributed by atoms with Gasteiger partial charge in [-0.2, -0.15) is 5.10 Å². The number of anilines is 1. The molecule has 0 saturated carbocycles. The van der Waals surface area contributed by atoms with Gasteiger partial charge in [0, 0.05) is 44.7 Å². The number of hydrogen-bond acceptors (Lipinski definition) is 5. The highest BCUT2D eigenvalue weighted by Crippen LogP contribution is 2.27. The first-order valence-electron chi connectivity index (χ1n) is 8.90. The Balaban J connectivity index is 1.98. The number of benzene rings is 2. The zero-order valence-electron chi connectivity index (χ0n) is 16.4. The second-order valence-corrected chi connectivity index (χ2v) is 6.82. The zero-order chi connectivity index (χ0) is 21.1. The van der Waals surface area contributed by atoms with Crippen LogP contribution in [0.3, 0.4) is 0 Å². The largest absolute Gasteiger partial charge is 0.508 e. The van der Waals surface area contributed by atoms with E-state index < -0.39 is 5.91 Å². The molecule has 2 N–H and O–H groups in total. The molecule has 29 heavy (non-hydrogen) atoms. The minimum Gasteiger partial charge on any atom is -0.508 e. The molecule has 1 heterocycles. The Morgan fingerprint density at radius 1 is 1.00 bits per heavy atom. The van der Waals surface area contributed by atoms with Gasteiger partial charge in [-0.05, 0) is 42.5 Å². The first-order valence-corrected chi connectivity index (χ1v) is 8.90. The van der Waals surface area contributed by atoms with Crippen LogP contribution in [0.15, 0.2) is 54.7 Å². The smallest absolute Gasteiger partial charge is 0.262 e. The second kappa shape index (κ2) is 8.05. The number of phenolic OH excluding ortho intramolecular Hbond substituents is 2. The Kier molecular flexibility index (Phi) is 5.54. The fraction of sp³-hybridized carbons (Fsp3) is 0.190. The van der Waals surface area contributed by atoms with Crippen LogP contribution in [0.4, 0.5) is 5.69 Å². The number of carbonyl (C=O) groups is 2. The minimum absolute atomic E-state index is 0.0483. The lowest BCUT2D eigenvalue weighted by molar-refractivity contribution is 0.0827. The molecule has 0 aliphatic rings. The molecule has 150 valence electrons. The molecule has 0 radical (unpaired) electrons. The molecule has 0 spiro atoms. The summed E-state index contributed by atoms with van der Waals surface area (Å²) in [5.41, 5.74) is 1.75. The summed E-state index contributed by atoms with van der Waals surface area (Å²) >= 11 is 0. The molecule has 2 aromatic carbocycles. The summed E-state index contributed by atoms with van der Waals surface area (Å²) < 4.78 is 1.63. The summed E-state index contributed by atoms with van der Waals surface area (Å²) in [6, 6.07) is 12.3. The first-order chi connectivity index (χ1) is 13.8. The number of aromatic hydroxyl groups is 2. The molecule has 0 bridgehead atoms. The summed E-state index contributed by atoms with van der Waals surface area (Å²) in [6.07, 6.45) is 1.77. The third kappa shape index (κ3) is 4.37. The summed E-state index contributed by atoms with van der Waals surface area (Å²) in [5.74, 6) is -1.06. The second-order valence-electron chi connectivity index (χ2n) is 6.82. The van der Waals surface area contributed by atoms with Gasteiger partial charge in [0.05, 0.1) is 17.8 Å². The third-order valence-electron chi connectivity index (χ3n) is 4.38. The Hall–Kier alpha value is -3.81. The van der Waals surface area contributed by atoms with Crippen LogP contribution in [-0.4, -0.2) is 50.8 Å². The lowest BCUT2D eigenvalue weighted by atomic mass is 10.1. The first kappa shape index (κ1) is 19.9. The number of aryl methyl sites for hydroxylation is 1. The van der Waals surface area contributed by atoms with E-state index in [1.54, 1.807) is 62.4 Å². The van der Waals surface area contributed by atoms with Crippen molar-refractivity contribution in [2.75, 3.05) is 19.0 Å². The molecule has 3 rings (SSSR count). The van der Waals surface area contributed by atoms with Crippen LogP contribution in [0.5, 0.6) is 11.5 Å². The number of carbonyl (C=O) groups excluding carboxylic acids is 2. The van der Waals surface area contributed by atoms with Crippen LogP contribution >= 0.6 is 0 Å². The highest BCUT2D eigenvalue weighted by Gasteiger charge is 2.22. The average molecular weight is 394 g/mol. The average Bonchev–Trinajstić information content (AvgIpc) is 3.10. The normalized spacial score (nSPS) is 10.6. The molecule has 0 atom stereocenters. The van der Waals surface area contributed by atoms with Crippen molar-refractivity contribution >= 4 is 17.5 Å². The van der Waals surface area contributed by atoms with Crippen molar-refractivity contribution in [1.29, 1.82) is 0 Å². The molecular formula is C21H22N4O4. The van der Waals surface area contributed by atoms with Crippen molar-refractivity contribution in [3.63, 3.8) is 0 Å². The van der Waals surface area contributed by atoms with Gasteiger partial charge in [-0.3, -0.25) is 14.3 Å². The fourth-order valence-corrected chi connectivity index (χ4v) is 2.88. The lowest BCUT2D eigenvalue weighted by Gasteiger charge is -2.23. The van der Waals surface area contributed by atoms with Crippen molar-refractivity contribution in [2.24, 2.45) is 7.05 Å². The van der Waals surface area contributed by atoms with Crippen LogP contribution in [0.25, 0.3) is 0 Å². The van der Waals surface area contributed by atoms with Crippen molar-refractivity contribution < 1.29 is 19.8 Å². The molecule has 0 aliphatic heterocycles. The molecule has 0 unspecified atom stereocenters. The molecule has 0 saturated heterocycles. The van der Waals surface area contributed by atoms with E-state index >= 15 is 0 Å².